The summed E-state index contributed by atoms with van der Waals surface area (Å²) >= 11 is 1.29. The Morgan fingerprint density at radius 3 is 2.73 bits per heavy atom. The van der Waals surface area contributed by atoms with Crippen molar-refractivity contribution in [3.05, 3.63) is 74.6 Å². The molecule has 1 aromatic heterocycles. The van der Waals surface area contributed by atoms with Crippen LogP contribution in [0.1, 0.15) is 16.7 Å². The van der Waals surface area contributed by atoms with Crippen molar-refractivity contribution in [2.45, 2.75) is 20.3 Å². The average molecular weight is 367 g/mol. The molecule has 1 heterocycles. The summed E-state index contributed by atoms with van der Waals surface area (Å²) in [5.74, 6) is -0.145. The molecular weight excluding hydrogens is 350 g/mol. The monoisotopic (exact) mass is 367 g/mol. The van der Waals surface area contributed by atoms with Crippen LogP contribution in [0, 0.1) is 24.0 Å². The van der Waals surface area contributed by atoms with E-state index in [9.17, 15) is 14.9 Å². The predicted octanol–water partition coefficient (Wildman–Crippen LogP) is 4.52. The molecule has 0 unspecified atom stereocenters. The fourth-order valence-corrected chi connectivity index (χ4v) is 3.24. The van der Waals surface area contributed by atoms with Gasteiger partial charge in [0.15, 0.2) is 5.13 Å². The van der Waals surface area contributed by atoms with Crippen LogP contribution < -0.4 is 5.32 Å². The van der Waals surface area contributed by atoms with E-state index in [0.29, 0.717) is 16.4 Å². The van der Waals surface area contributed by atoms with Gasteiger partial charge in [0, 0.05) is 23.1 Å². The van der Waals surface area contributed by atoms with Crippen molar-refractivity contribution in [2.75, 3.05) is 5.32 Å². The standard InChI is InChI=1S/C19H17N3O3S/c1-12-6-7-14(8-13(12)2)9-18(23)21-19-20-17(11-26-19)15-4-3-5-16(10-15)22(24)25/h3-8,10-11H,9H2,1-2H3,(H,20,21,23). The quantitative estimate of drug-likeness (QED) is 0.531. The van der Waals surface area contributed by atoms with Crippen LogP contribution in [0.25, 0.3) is 11.3 Å². The molecule has 0 aliphatic heterocycles. The van der Waals surface area contributed by atoms with E-state index < -0.39 is 4.92 Å². The molecule has 0 bridgehead atoms. The van der Waals surface area contributed by atoms with Gasteiger partial charge in [0.05, 0.1) is 17.0 Å². The molecule has 1 amide bonds. The van der Waals surface area contributed by atoms with Gasteiger partial charge >= 0.3 is 0 Å². The molecule has 3 rings (SSSR count). The van der Waals surface area contributed by atoms with Crippen molar-refractivity contribution < 1.29 is 9.72 Å². The maximum atomic E-state index is 12.2. The van der Waals surface area contributed by atoms with Gasteiger partial charge in [0.2, 0.25) is 5.91 Å². The van der Waals surface area contributed by atoms with Crippen LogP contribution in [-0.2, 0) is 11.2 Å². The first-order valence-corrected chi connectivity index (χ1v) is 8.86. The van der Waals surface area contributed by atoms with Crippen LogP contribution in [0.4, 0.5) is 10.8 Å². The summed E-state index contributed by atoms with van der Waals surface area (Å²) in [7, 11) is 0. The number of benzene rings is 2. The lowest BCUT2D eigenvalue weighted by atomic mass is 10.0. The van der Waals surface area contributed by atoms with Crippen molar-refractivity contribution in [2.24, 2.45) is 0 Å². The summed E-state index contributed by atoms with van der Waals surface area (Å²) in [6.45, 7) is 4.05. The molecule has 1 N–H and O–H groups in total. The van der Waals surface area contributed by atoms with Crippen molar-refractivity contribution in [3.8, 4) is 11.3 Å². The highest BCUT2D eigenvalue weighted by atomic mass is 32.1. The molecule has 0 spiro atoms. The maximum absolute atomic E-state index is 12.2. The number of rotatable bonds is 5. The number of hydrogen-bond acceptors (Lipinski definition) is 5. The minimum absolute atomic E-state index is 0.0100. The Kier molecular flexibility index (Phi) is 5.09. The zero-order valence-electron chi connectivity index (χ0n) is 14.4. The lowest BCUT2D eigenvalue weighted by molar-refractivity contribution is -0.384. The number of non-ortho nitro benzene ring substituents is 1. The van der Waals surface area contributed by atoms with E-state index in [-0.39, 0.29) is 18.0 Å². The molecule has 0 aliphatic rings. The van der Waals surface area contributed by atoms with Gasteiger partial charge in [-0.05, 0) is 30.5 Å². The lowest BCUT2D eigenvalue weighted by Gasteiger charge is -2.05. The third-order valence-electron chi connectivity index (χ3n) is 4.04. The summed E-state index contributed by atoms with van der Waals surface area (Å²) in [6.07, 6.45) is 0.271. The number of aryl methyl sites for hydroxylation is 2. The Labute approximate surface area is 154 Å². The molecule has 132 valence electrons. The summed E-state index contributed by atoms with van der Waals surface area (Å²) in [6, 6.07) is 12.2. The second kappa shape index (κ2) is 7.45. The SMILES string of the molecule is Cc1ccc(CC(=O)Nc2nc(-c3cccc([N+](=O)[O-])c3)cs2)cc1C. The van der Waals surface area contributed by atoms with E-state index in [1.165, 1.54) is 29.0 Å². The molecule has 0 atom stereocenters. The number of nitrogens with zero attached hydrogens (tertiary/aromatic N) is 2. The Hall–Kier alpha value is -3.06. The van der Waals surface area contributed by atoms with E-state index in [2.05, 4.69) is 10.3 Å². The number of carbonyl (C=O) groups excluding carboxylic acids is 1. The summed E-state index contributed by atoms with van der Waals surface area (Å²) in [5, 5.41) is 15.9. The third kappa shape index (κ3) is 4.12. The number of anilines is 1. The highest BCUT2D eigenvalue weighted by Gasteiger charge is 2.12. The van der Waals surface area contributed by atoms with E-state index >= 15 is 0 Å². The molecule has 0 saturated carbocycles. The fraction of sp³-hybridized carbons (Fsp3) is 0.158. The van der Waals surface area contributed by atoms with Crippen LogP contribution in [0.2, 0.25) is 0 Å². The Bertz CT molecular complexity index is 982. The summed E-state index contributed by atoms with van der Waals surface area (Å²) in [4.78, 5) is 27.0. The number of thiazole rings is 1. The lowest BCUT2D eigenvalue weighted by Crippen LogP contribution is -2.14. The van der Waals surface area contributed by atoms with Gasteiger partial charge < -0.3 is 5.32 Å². The molecule has 3 aromatic rings. The summed E-state index contributed by atoms with van der Waals surface area (Å²) < 4.78 is 0. The number of carbonyl (C=O) groups is 1. The first-order chi connectivity index (χ1) is 12.4. The maximum Gasteiger partial charge on any atom is 0.270 e. The molecule has 6 nitrogen and oxygen atoms in total. The molecule has 7 heteroatoms. The van der Waals surface area contributed by atoms with E-state index in [1.54, 1.807) is 17.5 Å². The number of aromatic nitrogens is 1. The van der Waals surface area contributed by atoms with Gasteiger partial charge in [-0.25, -0.2) is 4.98 Å². The Balaban J connectivity index is 1.70. The molecule has 0 saturated heterocycles. The van der Waals surface area contributed by atoms with Crippen LogP contribution in [-0.4, -0.2) is 15.8 Å². The second-order valence-electron chi connectivity index (χ2n) is 5.99. The first-order valence-electron chi connectivity index (χ1n) is 7.99. The van der Waals surface area contributed by atoms with Crippen LogP contribution in [0.5, 0.6) is 0 Å². The van der Waals surface area contributed by atoms with Crippen LogP contribution >= 0.6 is 11.3 Å². The zero-order valence-corrected chi connectivity index (χ0v) is 15.2. The van der Waals surface area contributed by atoms with Crippen molar-refractivity contribution in [3.63, 3.8) is 0 Å². The number of nitrogens with one attached hydrogen (secondary N) is 1. The fourth-order valence-electron chi connectivity index (χ4n) is 2.50. The number of hydrogen-bond donors (Lipinski definition) is 1. The first kappa shape index (κ1) is 17.8. The van der Waals surface area contributed by atoms with Crippen molar-refractivity contribution in [1.29, 1.82) is 0 Å². The Morgan fingerprint density at radius 1 is 1.19 bits per heavy atom. The Morgan fingerprint density at radius 2 is 2.00 bits per heavy atom. The number of nitro groups is 1. The smallest absolute Gasteiger partial charge is 0.270 e. The summed E-state index contributed by atoms with van der Waals surface area (Å²) in [5.41, 5.74) is 4.54. The predicted molar refractivity (Wildman–Crippen MR) is 102 cm³/mol. The average Bonchev–Trinajstić information content (AvgIpc) is 3.06. The normalized spacial score (nSPS) is 10.5. The van der Waals surface area contributed by atoms with Gasteiger partial charge in [-0.15, -0.1) is 11.3 Å². The second-order valence-corrected chi connectivity index (χ2v) is 6.85. The third-order valence-corrected chi connectivity index (χ3v) is 4.80. The van der Waals surface area contributed by atoms with Gasteiger partial charge in [-0.2, -0.15) is 0 Å². The largest absolute Gasteiger partial charge is 0.302 e. The van der Waals surface area contributed by atoms with Crippen LogP contribution in [0.3, 0.4) is 0 Å². The molecule has 2 aromatic carbocycles. The molecule has 26 heavy (non-hydrogen) atoms. The zero-order chi connectivity index (χ0) is 18.7. The number of amides is 1. The molecule has 0 radical (unpaired) electrons. The minimum Gasteiger partial charge on any atom is -0.302 e. The topological polar surface area (TPSA) is 85.1 Å². The van der Waals surface area contributed by atoms with Crippen molar-refractivity contribution >= 4 is 28.1 Å². The molecule has 0 aliphatic carbocycles. The minimum atomic E-state index is -0.442. The molecular formula is C19H17N3O3S. The number of nitro benzene ring substituents is 1. The van der Waals surface area contributed by atoms with Gasteiger partial charge in [0.25, 0.3) is 5.69 Å². The van der Waals surface area contributed by atoms with E-state index in [0.717, 1.165) is 11.1 Å². The highest BCUT2D eigenvalue weighted by Crippen LogP contribution is 2.27. The molecule has 0 fully saturated rings. The van der Waals surface area contributed by atoms with Crippen molar-refractivity contribution in [1.82, 2.24) is 4.98 Å². The van der Waals surface area contributed by atoms with E-state index in [4.69, 9.17) is 0 Å². The highest BCUT2D eigenvalue weighted by molar-refractivity contribution is 7.14. The van der Waals surface area contributed by atoms with Gasteiger partial charge in [0.1, 0.15) is 0 Å². The van der Waals surface area contributed by atoms with Crippen LogP contribution in [0.15, 0.2) is 47.8 Å². The van der Waals surface area contributed by atoms with Gasteiger partial charge in [-0.3, -0.25) is 14.9 Å². The van der Waals surface area contributed by atoms with Gasteiger partial charge in [-0.1, -0.05) is 30.3 Å². The van der Waals surface area contributed by atoms with E-state index in [1.807, 2.05) is 32.0 Å².